The first-order valence-corrected chi connectivity index (χ1v) is 10.9. The van der Waals surface area contributed by atoms with Gasteiger partial charge in [-0.15, -0.1) is 0 Å². The largest absolute Gasteiger partial charge is 0.507 e. The average Bonchev–Trinajstić information content (AvgIpc) is 3.13. The van der Waals surface area contributed by atoms with Gasteiger partial charge in [0.25, 0.3) is 0 Å². The van der Waals surface area contributed by atoms with E-state index in [2.05, 4.69) is 23.6 Å². The summed E-state index contributed by atoms with van der Waals surface area (Å²) < 4.78 is 7.12. The first-order valence-electron chi connectivity index (χ1n) is 10.9. The number of aryl methyl sites for hydroxylation is 1. The number of hydrogen-bond acceptors (Lipinski definition) is 4. The Bertz CT molecular complexity index is 1340. The lowest BCUT2D eigenvalue weighted by Crippen LogP contribution is -2.03. The average molecular weight is 427 g/mol. The number of carbonyl (C=O) groups excluding carboxylic acids is 1. The lowest BCUT2D eigenvalue weighted by atomic mass is 10.0. The van der Waals surface area contributed by atoms with Crippen molar-refractivity contribution in [3.63, 3.8) is 0 Å². The number of rotatable bonds is 7. The quantitative estimate of drug-likeness (QED) is 0.293. The van der Waals surface area contributed by atoms with Crippen LogP contribution in [0.3, 0.4) is 0 Å². The van der Waals surface area contributed by atoms with Gasteiger partial charge in [0.2, 0.25) is 0 Å². The number of aromatic nitrogens is 1. The number of fused-ring (bicyclic) bond motifs is 3. The second-order valence-electron chi connectivity index (χ2n) is 8.06. The standard InChI is InChI=1S/C27H26N2O3/c1-3-4-5-8-18-14-23-26(24(30)15-18)25-21(27(31)32-2)11-7-12-22(25)29(23)17-20-10-6-9-19(13-20)16-28/h6-7,9-15,30H,3-5,8,17H2,1-2H3. The second kappa shape index (κ2) is 9.15. The van der Waals surface area contributed by atoms with Crippen molar-refractivity contribution in [2.75, 3.05) is 7.11 Å². The van der Waals surface area contributed by atoms with E-state index in [-0.39, 0.29) is 5.75 Å². The van der Waals surface area contributed by atoms with Gasteiger partial charge < -0.3 is 14.4 Å². The number of aromatic hydroxyl groups is 1. The minimum absolute atomic E-state index is 0.167. The molecular weight excluding hydrogens is 400 g/mol. The van der Waals surface area contributed by atoms with Gasteiger partial charge in [0.15, 0.2) is 0 Å². The van der Waals surface area contributed by atoms with Crippen molar-refractivity contribution in [1.82, 2.24) is 4.57 Å². The molecule has 162 valence electrons. The van der Waals surface area contributed by atoms with Crippen molar-refractivity contribution in [1.29, 1.82) is 5.26 Å². The van der Waals surface area contributed by atoms with Crippen LogP contribution in [-0.4, -0.2) is 22.8 Å². The molecule has 0 aliphatic heterocycles. The van der Waals surface area contributed by atoms with Gasteiger partial charge in [0, 0.05) is 11.9 Å². The zero-order valence-corrected chi connectivity index (χ0v) is 18.4. The molecule has 0 bridgehead atoms. The van der Waals surface area contributed by atoms with E-state index in [1.54, 1.807) is 12.1 Å². The summed E-state index contributed by atoms with van der Waals surface area (Å²) in [4.78, 5) is 12.5. The Hall–Kier alpha value is -3.78. The van der Waals surface area contributed by atoms with E-state index in [1.807, 2.05) is 36.4 Å². The SMILES string of the molecule is CCCCCc1cc(O)c2c3c(C(=O)OC)cccc3n(Cc3cccc(C#N)c3)c2c1. The smallest absolute Gasteiger partial charge is 0.338 e. The highest BCUT2D eigenvalue weighted by Crippen LogP contribution is 2.39. The molecule has 5 heteroatoms. The second-order valence-corrected chi connectivity index (χ2v) is 8.06. The zero-order chi connectivity index (χ0) is 22.7. The summed E-state index contributed by atoms with van der Waals surface area (Å²) in [5.74, 6) is -0.271. The third-order valence-electron chi connectivity index (χ3n) is 5.90. The first kappa shape index (κ1) is 21.5. The highest BCUT2D eigenvalue weighted by Gasteiger charge is 2.21. The summed E-state index contributed by atoms with van der Waals surface area (Å²) in [6.45, 7) is 2.68. The molecule has 32 heavy (non-hydrogen) atoms. The maximum atomic E-state index is 12.5. The normalized spacial score (nSPS) is 11.0. The van der Waals surface area contributed by atoms with Gasteiger partial charge in [-0.1, -0.05) is 38.0 Å². The molecule has 0 fully saturated rings. The van der Waals surface area contributed by atoms with Crippen molar-refractivity contribution >= 4 is 27.8 Å². The maximum Gasteiger partial charge on any atom is 0.338 e. The summed E-state index contributed by atoms with van der Waals surface area (Å²) in [5, 5.41) is 21.7. The predicted molar refractivity (Wildman–Crippen MR) is 126 cm³/mol. The third-order valence-corrected chi connectivity index (χ3v) is 5.90. The van der Waals surface area contributed by atoms with Crippen LogP contribution in [0.5, 0.6) is 5.75 Å². The molecule has 1 N–H and O–H groups in total. The fraction of sp³-hybridized carbons (Fsp3) is 0.259. The van der Waals surface area contributed by atoms with Crippen LogP contribution in [0, 0.1) is 11.3 Å². The van der Waals surface area contributed by atoms with Crippen molar-refractivity contribution in [3.8, 4) is 11.8 Å². The molecule has 0 aliphatic carbocycles. The molecule has 0 aliphatic rings. The summed E-state index contributed by atoms with van der Waals surface area (Å²) in [6.07, 6.45) is 4.20. The van der Waals surface area contributed by atoms with Crippen LogP contribution in [0.2, 0.25) is 0 Å². The van der Waals surface area contributed by atoms with Gasteiger partial charge in [-0.3, -0.25) is 0 Å². The summed E-state index contributed by atoms with van der Waals surface area (Å²) in [5.41, 5.74) is 4.77. The Morgan fingerprint density at radius 3 is 2.59 bits per heavy atom. The molecule has 0 saturated heterocycles. The Balaban J connectivity index is 1.98. The fourth-order valence-corrected chi connectivity index (χ4v) is 4.39. The molecule has 5 nitrogen and oxygen atoms in total. The van der Waals surface area contributed by atoms with Gasteiger partial charge in [-0.05, 0) is 60.4 Å². The van der Waals surface area contributed by atoms with E-state index in [0.717, 1.165) is 47.8 Å². The van der Waals surface area contributed by atoms with Crippen LogP contribution in [0.15, 0.2) is 54.6 Å². The molecule has 0 unspecified atom stereocenters. The van der Waals surface area contributed by atoms with E-state index in [1.165, 1.54) is 7.11 Å². The van der Waals surface area contributed by atoms with Gasteiger partial charge in [0.1, 0.15) is 5.75 Å². The fourth-order valence-electron chi connectivity index (χ4n) is 4.39. The number of hydrogen-bond donors (Lipinski definition) is 1. The Morgan fingerprint density at radius 2 is 1.84 bits per heavy atom. The van der Waals surface area contributed by atoms with Gasteiger partial charge in [-0.2, -0.15) is 5.26 Å². The van der Waals surface area contributed by atoms with Crippen molar-refractivity contribution in [3.05, 3.63) is 76.9 Å². The molecular formula is C27H26N2O3. The molecule has 0 radical (unpaired) electrons. The van der Waals surface area contributed by atoms with Crippen molar-refractivity contribution in [2.24, 2.45) is 0 Å². The lowest BCUT2D eigenvalue weighted by Gasteiger charge is -2.10. The zero-order valence-electron chi connectivity index (χ0n) is 18.4. The molecule has 1 aromatic heterocycles. The predicted octanol–water partition coefficient (Wildman–Crippen LogP) is 5.94. The van der Waals surface area contributed by atoms with Crippen LogP contribution < -0.4 is 0 Å². The number of methoxy groups -OCH3 is 1. The number of unbranched alkanes of at least 4 members (excludes halogenated alkanes) is 2. The summed E-state index contributed by atoms with van der Waals surface area (Å²) in [7, 11) is 1.36. The molecule has 0 saturated carbocycles. The maximum absolute atomic E-state index is 12.5. The van der Waals surface area contributed by atoms with Gasteiger partial charge in [-0.25, -0.2) is 4.79 Å². The Kier molecular flexibility index (Phi) is 6.13. The van der Waals surface area contributed by atoms with E-state index in [9.17, 15) is 15.2 Å². The summed E-state index contributed by atoms with van der Waals surface area (Å²) in [6, 6.07) is 19.1. The van der Waals surface area contributed by atoms with Crippen molar-refractivity contribution in [2.45, 2.75) is 39.2 Å². The molecule has 1 heterocycles. The number of phenols is 1. The van der Waals surface area contributed by atoms with E-state index >= 15 is 0 Å². The van der Waals surface area contributed by atoms with Crippen LogP contribution in [0.1, 0.15) is 53.2 Å². The number of benzene rings is 3. The number of carbonyl (C=O) groups is 1. The Labute approximate surface area is 187 Å². The number of phenolic OH excluding ortho intramolecular Hbond substituents is 1. The number of ether oxygens (including phenoxy) is 1. The molecule has 0 spiro atoms. The molecule has 3 aromatic carbocycles. The molecule has 0 amide bonds. The minimum Gasteiger partial charge on any atom is -0.507 e. The molecule has 0 atom stereocenters. The van der Waals surface area contributed by atoms with E-state index < -0.39 is 5.97 Å². The summed E-state index contributed by atoms with van der Waals surface area (Å²) >= 11 is 0. The number of nitriles is 1. The monoisotopic (exact) mass is 426 g/mol. The van der Waals surface area contributed by atoms with E-state index in [0.29, 0.717) is 28.4 Å². The topological polar surface area (TPSA) is 75.2 Å². The minimum atomic E-state index is -0.437. The van der Waals surface area contributed by atoms with Crippen LogP contribution in [0.4, 0.5) is 0 Å². The number of nitrogens with zero attached hydrogens (tertiary/aromatic N) is 2. The van der Waals surface area contributed by atoms with Gasteiger partial charge in [0.05, 0.1) is 40.7 Å². The van der Waals surface area contributed by atoms with E-state index in [4.69, 9.17) is 4.74 Å². The van der Waals surface area contributed by atoms with Crippen LogP contribution >= 0.6 is 0 Å². The van der Waals surface area contributed by atoms with Crippen LogP contribution in [-0.2, 0) is 17.7 Å². The lowest BCUT2D eigenvalue weighted by molar-refractivity contribution is 0.0603. The third kappa shape index (κ3) is 3.92. The number of esters is 1. The highest BCUT2D eigenvalue weighted by atomic mass is 16.5. The highest BCUT2D eigenvalue weighted by molar-refractivity contribution is 6.19. The van der Waals surface area contributed by atoms with Gasteiger partial charge >= 0.3 is 5.97 Å². The Morgan fingerprint density at radius 1 is 1.03 bits per heavy atom. The molecule has 4 aromatic rings. The molecule has 4 rings (SSSR count). The first-order chi connectivity index (χ1) is 15.6. The van der Waals surface area contributed by atoms with Crippen molar-refractivity contribution < 1.29 is 14.6 Å². The van der Waals surface area contributed by atoms with Crippen LogP contribution in [0.25, 0.3) is 21.8 Å².